The number of hydrogen-bond donors (Lipinski definition) is 2. The number of aromatic nitrogens is 2. The van der Waals surface area contributed by atoms with Crippen molar-refractivity contribution in [3.8, 4) is 11.6 Å². The summed E-state index contributed by atoms with van der Waals surface area (Å²) < 4.78 is 11.9. The van der Waals surface area contributed by atoms with Crippen LogP contribution in [0.2, 0.25) is 0 Å². The number of rotatable bonds is 8. The molecule has 2 N–H and O–H groups in total. The molecule has 1 unspecified atom stereocenters. The first-order valence-corrected chi connectivity index (χ1v) is 12.2. The van der Waals surface area contributed by atoms with Gasteiger partial charge in [-0.25, -0.2) is 0 Å². The molecule has 0 radical (unpaired) electrons. The van der Waals surface area contributed by atoms with Crippen molar-refractivity contribution in [2.45, 2.75) is 31.8 Å². The van der Waals surface area contributed by atoms with Gasteiger partial charge in [0.1, 0.15) is 17.5 Å². The number of aliphatic hydroxyl groups excluding tert-OH is 1. The van der Waals surface area contributed by atoms with Crippen LogP contribution in [-0.2, 0) is 6.42 Å². The number of nitrogens with one attached hydrogen (secondary N) is 1. The third-order valence-corrected chi connectivity index (χ3v) is 6.69. The van der Waals surface area contributed by atoms with E-state index in [0.29, 0.717) is 18.1 Å². The van der Waals surface area contributed by atoms with Crippen LogP contribution in [0.25, 0.3) is 11.0 Å². The first kappa shape index (κ1) is 22.7. The van der Waals surface area contributed by atoms with Gasteiger partial charge in [0.05, 0.1) is 18.9 Å². The highest BCUT2D eigenvalue weighted by Gasteiger charge is 2.25. The molecule has 8 nitrogen and oxygen atoms in total. The maximum absolute atomic E-state index is 11.5. The number of anilines is 1. The van der Waals surface area contributed by atoms with E-state index in [1.165, 1.54) is 11.6 Å². The number of benzene rings is 1. The van der Waals surface area contributed by atoms with E-state index in [1.807, 2.05) is 12.1 Å². The summed E-state index contributed by atoms with van der Waals surface area (Å²) in [6.07, 6.45) is 3.76. The number of aromatic amines is 1. The van der Waals surface area contributed by atoms with Gasteiger partial charge in [0.2, 0.25) is 11.4 Å². The lowest BCUT2D eigenvalue weighted by atomic mass is 10.0. The highest BCUT2D eigenvalue weighted by Crippen LogP contribution is 2.37. The van der Waals surface area contributed by atoms with E-state index >= 15 is 0 Å². The molecule has 0 amide bonds. The number of fused-ring (bicyclic) bond motifs is 2. The number of hydrogen-bond acceptors (Lipinski definition) is 7. The molecule has 8 heteroatoms. The molecule has 0 bridgehead atoms. The third-order valence-electron chi connectivity index (χ3n) is 6.69. The average molecular weight is 465 g/mol. The Hall–Kier alpha value is -3.10. The molecular weight excluding hydrogens is 432 g/mol. The van der Waals surface area contributed by atoms with Crippen molar-refractivity contribution in [1.29, 1.82) is 0 Å². The number of pyridine rings is 2. The van der Waals surface area contributed by atoms with Gasteiger partial charge in [0, 0.05) is 43.7 Å². The van der Waals surface area contributed by atoms with E-state index in [2.05, 4.69) is 38.0 Å². The quantitative estimate of drug-likeness (QED) is 0.495. The summed E-state index contributed by atoms with van der Waals surface area (Å²) in [5, 5.41) is 10.4. The minimum Gasteiger partial charge on any atom is -0.486 e. The van der Waals surface area contributed by atoms with Crippen LogP contribution >= 0.6 is 0 Å². The summed E-state index contributed by atoms with van der Waals surface area (Å²) in [4.78, 5) is 23.5. The smallest absolute Gasteiger partial charge is 0.249 e. The Bertz CT molecular complexity index is 1170. The molecule has 0 saturated carbocycles. The van der Waals surface area contributed by atoms with Crippen molar-refractivity contribution in [3.63, 3.8) is 0 Å². The molecular formula is C26H32N4O4. The van der Waals surface area contributed by atoms with E-state index < -0.39 is 0 Å². The van der Waals surface area contributed by atoms with Gasteiger partial charge in [-0.05, 0) is 56.0 Å². The molecule has 1 atom stereocenters. The monoisotopic (exact) mass is 464 g/mol. The van der Waals surface area contributed by atoms with E-state index in [-0.39, 0.29) is 18.3 Å². The summed E-state index contributed by atoms with van der Waals surface area (Å²) in [7, 11) is 0. The molecule has 1 saturated heterocycles. The second kappa shape index (κ2) is 10.4. The van der Waals surface area contributed by atoms with Crippen LogP contribution in [0.1, 0.15) is 24.8 Å². The van der Waals surface area contributed by atoms with Gasteiger partial charge in [-0.2, -0.15) is 4.98 Å². The number of H-pyrrole nitrogens is 1. The van der Waals surface area contributed by atoms with Gasteiger partial charge in [0.25, 0.3) is 0 Å². The molecule has 0 spiro atoms. The Labute approximate surface area is 199 Å². The number of ether oxygens (including phenoxy) is 2. The first-order valence-electron chi connectivity index (χ1n) is 12.2. The van der Waals surface area contributed by atoms with E-state index in [1.54, 1.807) is 6.07 Å². The molecule has 1 fully saturated rings. The zero-order valence-corrected chi connectivity index (χ0v) is 19.4. The lowest BCUT2D eigenvalue weighted by molar-refractivity contribution is 0.0980. The Morgan fingerprint density at radius 1 is 1.09 bits per heavy atom. The molecule has 2 aliphatic heterocycles. The van der Waals surface area contributed by atoms with Gasteiger partial charge in [-0.1, -0.05) is 12.1 Å². The third kappa shape index (κ3) is 5.18. The lowest BCUT2D eigenvalue weighted by Gasteiger charge is -2.38. The van der Waals surface area contributed by atoms with Crippen molar-refractivity contribution >= 4 is 16.7 Å². The normalized spacial score (nSPS) is 18.5. The predicted molar refractivity (Wildman–Crippen MR) is 132 cm³/mol. The predicted octanol–water partition coefficient (Wildman–Crippen LogP) is 2.59. The fourth-order valence-corrected chi connectivity index (χ4v) is 4.74. The molecule has 2 aromatic heterocycles. The standard InChI is InChI=1S/C26H32N4O4/c31-18-21-9-6-19-4-3-5-22(25(19)34-21)30-15-13-29(14-16-30)12-1-2-17-33-24-11-8-20-7-10-23(32)27-26(20)28-24/h3-5,7-8,10-11,21,31H,1-2,6,9,12-18H2,(H,27,28,32). The van der Waals surface area contributed by atoms with Crippen molar-refractivity contribution < 1.29 is 14.6 Å². The minimum absolute atomic E-state index is 0.0711. The number of aliphatic hydroxyl groups is 1. The number of piperazine rings is 1. The number of nitrogens with zero attached hydrogens (tertiary/aromatic N) is 3. The van der Waals surface area contributed by atoms with Gasteiger partial charge in [-0.3, -0.25) is 9.69 Å². The summed E-state index contributed by atoms with van der Waals surface area (Å²) in [5.74, 6) is 1.50. The zero-order chi connectivity index (χ0) is 23.3. The Kier molecular flexibility index (Phi) is 6.97. The molecule has 0 aliphatic carbocycles. The van der Waals surface area contributed by atoms with E-state index in [4.69, 9.17) is 9.47 Å². The number of unbranched alkanes of at least 4 members (excludes halogenated alkanes) is 1. The first-order chi connectivity index (χ1) is 16.7. The molecule has 180 valence electrons. The fraction of sp³-hybridized carbons (Fsp3) is 0.462. The van der Waals surface area contributed by atoms with Crippen molar-refractivity contribution in [3.05, 3.63) is 58.4 Å². The molecule has 2 aliphatic rings. The SMILES string of the molecule is O=c1ccc2ccc(OCCCCN3CCN(c4cccc5c4OC(CO)CC5)CC3)nc2[nH]1. The van der Waals surface area contributed by atoms with Crippen LogP contribution < -0.4 is 19.9 Å². The van der Waals surface area contributed by atoms with Crippen LogP contribution in [0.5, 0.6) is 11.6 Å². The van der Waals surface area contributed by atoms with Crippen LogP contribution in [0.15, 0.2) is 47.3 Å². The molecule has 1 aromatic carbocycles. The van der Waals surface area contributed by atoms with Crippen LogP contribution in [0, 0.1) is 0 Å². The minimum atomic E-state index is -0.161. The van der Waals surface area contributed by atoms with Crippen LogP contribution in [0.4, 0.5) is 5.69 Å². The maximum atomic E-state index is 11.5. The van der Waals surface area contributed by atoms with Crippen LogP contribution in [0.3, 0.4) is 0 Å². The molecule has 5 rings (SSSR count). The Morgan fingerprint density at radius 3 is 2.79 bits per heavy atom. The summed E-state index contributed by atoms with van der Waals surface area (Å²) in [6, 6.07) is 13.4. The highest BCUT2D eigenvalue weighted by molar-refractivity contribution is 5.74. The number of aryl methyl sites for hydroxylation is 1. The Morgan fingerprint density at radius 2 is 1.94 bits per heavy atom. The largest absolute Gasteiger partial charge is 0.486 e. The zero-order valence-electron chi connectivity index (χ0n) is 19.4. The van der Waals surface area contributed by atoms with E-state index in [9.17, 15) is 9.90 Å². The van der Waals surface area contributed by atoms with Crippen LogP contribution in [-0.4, -0.2) is 72.0 Å². The van der Waals surface area contributed by atoms with Gasteiger partial charge in [0.15, 0.2) is 0 Å². The van der Waals surface area contributed by atoms with Crippen molar-refractivity contribution in [1.82, 2.24) is 14.9 Å². The van der Waals surface area contributed by atoms with Gasteiger partial charge in [-0.15, -0.1) is 0 Å². The van der Waals surface area contributed by atoms with E-state index in [0.717, 1.165) is 75.2 Å². The Balaban J connectivity index is 1.06. The van der Waals surface area contributed by atoms with Crippen molar-refractivity contribution in [2.24, 2.45) is 0 Å². The molecule has 34 heavy (non-hydrogen) atoms. The summed E-state index contributed by atoms with van der Waals surface area (Å²) >= 11 is 0. The van der Waals surface area contributed by atoms with Gasteiger partial charge < -0.3 is 24.5 Å². The number of para-hydroxylation sites is 1. The molecule has 3 aromatic rings. The average Bonchev–Trinajstić information content (AvgIpc) is 2.88. The maximum Gasteiger partial charge on any atom is 0.249 e. The topological polar surface area (TPSA) is 90.9 Å². The molecule has 4 heterocycles. The highest BCUT2D eigenvalue weighted by atomic mass is 16.5. The second-order valence-corrected chi connectivity index (χ2v) is 9.02. The second-order valence-electron chi connectivity index (χ2n) is 9.02. The summed E-state index contributed by atoms with van der Waals surface area (Å²) in [5.41, 5.74) is 2.80. The van der Waals surface area contributed by atoms with Crippen molar-refractivity contribution in [2.75, 3.05) is 50.8 Å². The summed E-state index contributed by atoms with van der Waals surface area (Å²) in [6.45, 7) is 5.71. The van der Waals surface area contributed by atoms with Gasteiger partial charge >= 0.3 is 0 Å². The fourth-order valence-electron chi connectivity index (χ4n) is 4.74. The lowest BCUT2D eigenvalue weighted by Crippen LogP contribution is -2.47.